The van der Waals surface area contributed by atoms with Gasteiger partial charge in [-0.25, -0.2) is 0 Å². The molecule has 0 aromatic rings. The third-order valence-corrected chi connectivity index (χ3v) is 5.02. The van der Waals surface area contributed by atoms with Gasteiger partial charge in [0.05, 0.1) is 6.10 Å². The number of unbranched alkanes of at least 4 members (excludes halogenated alkanes) is 3. The third-order valence-electron chi connectivity index (χ3n) is 5.02. The van der Waals surface area contributed by atoms with Gasteiger partial charge in [-0.1, -0.05) is 52.4 Å². The SMILES string of the molecule is CC(C)C(=O)CCCC(=O)NCCCCCCOC1CCCCCC1. The molecular formula is C21H39NO3. The Bertz CT molecular complexity index is 360. The lowest BCUT2D eigenvalue weighted by Crippen LogP contribution is -2.24. The normalized spacial score (nSPS) is 16.0. The monoisotopic (exact) mass is 353 g/mol. The van der Waals surface area contributed by atoms with Gasteiger partial charge in [0.2, 0.25) is 5.91 Å². The zero-order valence-corrected chi connectivity index (χ0v) is 16.5. The molecule has 0 radical (unpaired) electrons. The van der Waals surface area contributed by atoms with Crippen LogP contribution >= 0.6 is 0 Å². The number of amides is 1. The van der Waals surface area contributed by atoms with Crippen LogP contribution in [0, 0.1) is 5.92 Å². The number of carbonyl (C=O) groups is 2. The molecule has 25 heavy (non-hydrogen) atoms. The number of nitrogens with one attached hydrogen (secondary N) is 1. The van der Waals surface area contributed by atoms with Gasteiger partial charge in [-0.3, -0.25) is 9.59 Å². The highest BCUT2D eigenvalue weighted by atomic mass is 16.5. The summed E-state index contributed by atoms with van der Waals surface area (Å²) >= 11 is 0. The van der Waals surface area contributed by atoms with Crippen molar-refractivity contribution < 1.29 is 14.3 Å². The highest BCUT2D eigenvalue weighted by molar-refractivity contribution is 5.81. The van der Waals surface area contributed by atoms with E-state index < -0.39 is 0 Å². The van der Waals surface area contributed by atoms with Crippen molar-refractivity contribution in [3.8, 4) is 0 Å². The van der Waals surface area contributed by atoms with E-state index in [1.165, 1.54) is 44.9 Å². The van der Waals surface area contributed by atoms with Gasteiger partial charge in [-0.05, 0) is 32.1 Å². The maximum atomic E-state index is 11.7. The molecule has 0 aliphatic heterocycles. The Balaban J connectivity index is 1.86. The topological polar surface area (TPSA) is 55.4 Å². The summed E-state index contributed by atoms with van der Waals surface area (Å²) < 4.78 is 5.99. The summed E-state index contributed by atoms with van der Waals surface area (Å²) in [5.41, 5.74) is 0. The molecule has 4 nitrogen and oxygen atoms in total. The smallest absolute Gasteiger partial charge is 0.220 e. The summed E-state index contributed by atoms with van der Waals surface area (Å²) in [7, 11) is 0. The number of Topliss-reactive ketones (excluding diaryl/α,β-unsaturated/α-hetero) is 1. The number of hydrogen-bond donors (Lipinski definition) is 1. The Hall–Kier alpha value is -0.900. The van der Waals surface area contributed by atoms with Crippen LogP contribution in [0.4, 0.5) is 0 Å². The number of rotatable bonds is 13. The largest absolute Gasteiger partial charge is 0.378 e. The molecule has 1 rings (SSSR count). The van der Waals surface area contributed by atoms with Crippen molar-refractivity contribution in [2.24, 2.45) is 5.92 Å². The van der Waals surface area contributed by atoms with Crippen LogP contribution in [0.15, 0.2) is 0 Å². The van der Waals surface area contributed by atoms with Crippen LogP contribution in [0.5, 0.6) is 0 Å². The van der Waals surface area contributed by atoms with E-state index in [9.17, 15) is 9.59 Å². The summed E-state index contributed by atoms with van der Waals surface area (Å²) in [5.74, 6) is 0.404. The minimum absolute atomic E-state index is 0.0771. The van der Waals surface area contributed by atoms with E-state index in [0.29, 0.717) is 25.4 Å². The van der Waals surface area contributed by atoms with Gasteiger partial charge in [-0.15, -0.1) is 0 Å². The average Bonchev–Trinajstić information content (AvgIpc) is 2.85. The molecule has 0 aromatic heterocycles. The fourth-order valence-electron chi connectivity index (χ4n) is 3.27. The van der Waals surface area contributed by atoms with Crippen LogP contribution in [0.3, 0.4) is 0 Å². The Kier molecular flexibility index (Phi) is 12.7. The first kappa shape index (κ1) is 22.1. The number of hydrogen-bond acceptors (Lipinski definition) is 3. The highest BCUT2D eigenvalue weighted by Gasteiger charge is 2.12. The Morgan fingerprint density at radius 2 is 1.60 bits per heavy atom. The molecule has 1 saturated carbocycles. The molecule has 0 atom stereocenters. The second-order valence-corrected chi connectivity index (χ2v) is 7.72. The van der Waals surface area contributed by atoms with Gasteiger partial charge >= 0.3 is 0 Å². The van der Waals surface area contributed by atoms with Crippen molar-refractivity contribution in [2.45, 2.75) is 103 Å². The molecule has 0 saturated heterocycles. The molecule has 0 heterocycles. The maximum Gasteiger partial charge on any atom is 0.220 e. The lowest BCUT2D eigenvalue weighted by molar-refractivity contribution is -0.122. The predicted octanol–water partition coefficient (Wildman–Crippen LogP) is 4.80. The summed E-state index contributed by atoms with van der Waals surface area (Å²) in [5, 5.41) is 2.95. The van der Waals surface area contributed by atoms with Gasteiger partial charge in [0.1, 0.15) is 5.78 Å². The van der Waals surface area contributed by atoms with Crippen LogP contribution in [0.2, 0.25) is 0 Å². The van der Waals surface area contributed by atoms with E-state index in [1.54, 1.807) is 0 Å². The minimum atomic E-state index is 0.0771. The first-order valence-corrected chi connectivity index (χ1v) is 10.5. The first-order chi connectivity index (χ1) is 12.1. The Morgan fingerprint density at radius 3 is 2.28 bits per heavy atom. The van der Waals surface area contributed by atoms with E-state index in [1.807, 2.05) is 13.8 Å². The molecule has 0 unspecified atom stereocenters. The minimum Gasteiger partial charge on any atom is -0.378 e. The molecule has 1 aliphatic rings. The van der Waals surface area contributed by atoms with Gasteiger partial charge in [0.25, 0.3) is 0 Å². The van der Waals surface area contributed by atoms with E-state index in [0.717, 1.165) is 32.4 Å². The molecular weight excluding hydrogens is 314 g/mol. The van der Waals surface area contributed by atoms with Gasteiger partial charge in [-0.2, -0.15) is 0 Å². The zero-order chi connectivity index (χ0) is 18.3. The maximum absolute atomic E-state index is 11.7. The molecule has 0 spiro atoms. The van der Waals surface area contributed by atoms with E-state index >= 15 is 0 Å². The van der Waals surface area contributed by atoms with Crippen LogP contribution in [0.25, 0.3) is 0 Å². The Morgan fingerprint density at radius 1 is 0.920 bits per heavy atom. The molecule has 1 aliphatic carbocycles. The first-order valence-electron chi connectivity index (χ1n) is 10.5. The van der Waals surface area contributed by atoms with Crippen LogP contribution < -0.4 is 5.32 Å². The fourth-order valence-corrected chi connectivity index (χ4v) is 3.27. The lowest BCUT2D eigenvalue weighted by atomic mass is 10.0. The molecule has 0 aromatic carbocycles. The fraction of sp³-hybridized carbons (Fsp3) is 0.905. The van der Waals surface area contributed by atoms with Crippen molar-refractivity contribution in [3.05, 3.63) is 0 Å². The van der Waals surface area contributed by atoms with Gasteiger partial charge < -0.3 is 10.1 Å². The second kappa shape index (κ2) is 14.3. The Labute approximate surface area is 154 Å². The molecule has 1 fully saturated rings. The quantitative estimate of drug-likeness (QED) is 0.382. The van der Waals surface area contributed by atoms with Crippen LogP contribution in [0.1, 0.15) is 97.3 Å². The van der Waals surface area contributed by atoms with Crippen molar-refractivity contribution >= 4 is 11.7 Å². The van der Waals surface area contributed by atoms with Crippen LogP contribution in [-0.2, 0) is 14.3 Å². The summed E-state index contributed by atoms with van der Waals surface area (Å²) in [6.45, 7) is 5.45. The van der Waals surface area contributed by atoms with E-state index in [4.69, 9.17) is 4.74 Å². The van der Waals surface area contributed by atoms with Gasteiger partial charge in [0, 0.05) is 31.9 Å². The summed E-state index contributed by atoms with van der Waals surface area (Å²) in [6.07, 6.45) is 14.5. The van der Waals surface area contributed by atoms with E-state index in [2.05, 4.69) is 5.32 Å². The van der Waals surface area contributed by atoms with Crippen LogP contribution in [-0.4, -0.2) is 30.9 Å². The third kappa shape index (κ3) is 12.1. The number of carbonyl (C=O) groups excluding carboxylic acids is 2. The van der Waals surface area contributed by atoms with E-state index in [-0.39, 0.29) is 17.6 Å². The van der Waals surface area contributed by atoms with Gasteiger partial charge in [0.15, 0.2) is 0 Å². The molecule has 1 amide bonds. The predicted molar refractivity (Wildman–Crippen MR) is 103 cm³/mol. The highest BCUT2D eigenvalue weighted by Crippen LogP contribution is 2.20. The zero-order valence-electron chi connectivity index (χ0n) is 16.5. The van der Waals surface area contributed by atoms with Crippen molar-refractivity contribution in [1.82, 2.24) is 5.32 Å². The van der Waals surface area contributed by atoms with Crippen molar-refractivity contribution in [1.29, 1.82) is 0 Å². The van der Waals surface area contributed by atoms with Crippen molar-refractivity contribution in [3.63, 3.8) is 0 Å². The van der Waals surface area contributed by atoms with Crippen molar-refractivity contribution in [2.75, 3.05) is 13.2 Å². The second-order valence-electron chi connectivity index (χ2n) is 7.72. The number of ether oxygens (including phenoxy) is 1. The lowest BCUT2D eigenvalue weighted by Gasteiger charge is -2.15. The molecule has 146 valence electrons. The standard InChI is InChI=1S/C21H39NO3/c1-18(2)20(23)14-11-15-21(24)22-16-9-5-6-10-17-25-19-12-7-3-4-8-13-19/h18-19H,3-17H2,1-2H3,(H,22,24). The average molecular weight is 354 g/mol. The number of ketones is 1. The summed E-state index contributed by atoms with van der Waals surface area (Å²) in [4.78, 5) is 23.2. The molecule has 1 N–H and O–H groups in total. The molecule has 4 heteroatoms. The summed E-state index contributed by atoms with van der Waals surface area (Å²) in [6, 6.07) is 0. The molecule has 0 bridgehead atoms.